The number of likely N-dealkylation sites (tertiary alicyclic amines) is 1. The van der Waals surface area contributed by atoms with Crippen molar-refractivity contribution in [3.8, 4) is 0 Å². The Balaban J connectivity index is 1.85. The maximum Gasteiger partial charge on any atom is 0.253 e. The first-order valence-electron chi connectivity index (χ1n) is 6.93. The van der Waals surface area contributed by atoms with Crippen LogP contribution in [0.25, 0.3) is 0 Å². The molecule has 0 spiro atoms. The highest BCUT2D eigenvalue weighted by molar-refractivity contribution is 5.93. The van der Waals surface area contributed by atoms with E-state index in [-0.39, 0.29) is 17.5 Å². The predicted octanol–water partition coefficient (Wildman–Crippen LogP) is 2.07. The van der Waals surface area contributed by atoms with Crippen LogP contribution in [0.5, 0.6) is 0 Å². The lowest BCUT2D eigenvalue weighted by atomic mass is 9.98. The zero-order valence-corrected chi connectivity index (χ0v) is 12.0. The Kier molecular flexibility index (Phi) is 4.20. The van der Waals surface area contributed by atoms with Gasteiger partial charge in [0.1, 0.15) is 0 Å². The van der Waals surface area contributed by atoms with Crippen molar-refractivity contribution in [2.24, 2.45) is 0 Å². The third-order valence-corrected chi connectivity index (χ3v) is 3.70. The van der Waals surface area contributed by atoms with E-state index in [9.17, 15) is 4.79 Å². The van der Waals surface area contributed by atoms with Gasteiger partial charge in [-0.05, 0) is 45.7 Å². The van der Waals surface area contributed by atoms with E-state index in [2.05, 4.69) is 36.0 Å². The van der Waals surface area contributed by atoms with Crippen molar-refractivity contribution in [1.82, 2.24) is 15.2 Å². The number of amides is 1. The Morgan fingerprint density at radius 3 is 2.58 bits per heavy atom. The summed E-state index contributed by atoms with van der Waals surface area (Å²) >= 11 is 0. The second kappa shape index (κ2) is 5.70. The number of nitrogens with one attached hydrogen (secondary N) is 1. The van der Waals surface area contributed by atoms with Gasteiger partial charge in [-0.2, -0.15) is 0 Å². The number of hydrogen-bond acceptors (Lipinski definition) is 3. The van der Waals surface area contributed by atoms with Crippen LogP contribution in [0.4, 0.5) is 0 Å². The average molecular weight is 261 g/mol. The SMILES string of the molecule is CC(C)(C)N1CCC(NC(=O)c2cccnc2)CC1. The van der Waals surface area contributed by atoms with Gasteiger partial charge >= 0.3 is 0 Å². The fourth-order valence-corrected chi connectivity index (χ4v) is 2.46. The van der Waals surface area contributed by atoms with E-state index in [1.54, 1.807) is 24.5 Å². The largest absolute Gasteiger partial charge is 0.349 e. The van der Waals surface area contributed by atoms with Crippen LogP contribution in [-0.2, 0) is 0 Å². The molecule has 1 aromatic heterocycles. The molecule has 1 aliphatic heterocycles. The summed E-state index contributed by atoms with van der Waals surface area (Å²) in [6.45, 7) is 8.80. The van der Waals surface area contributed by atoms with E-state index in [0.717, 1.165) is 25.9 Å². The van der Waals surface area contributed by atoms with Gasteiger partial charge in [-0.15, -0.1) is 0 Å². The van der Waals surface area contributed by atoms with E-state index in [1.165, 1.54) is 0 Å². The summed E-state index contributed by atoms with van der Waals surface area (Å²) in [5, 5.41) is 3.10. The molecule has 0 bridgehead atoms. The van der Waals surface area contributed by atoms with Crippen molar-refractivity contribution < 1.29 is 4.79 Å². The van der Waals surface area contributed by atoms with Gasteiger partial charge in [-0.25, -0.2) is 0 Å². The number of carbonyl (C=O) groups excluding carboxylic acids is 1. The molecule has 1 aromatic rings. The summed E-state index contributed by atoms with van der Waals surface area (Å²) in [6, 6.07) is 3.87. The van der Waals surface area contributed by atoms with E-state index in [0.29, 0.717) is 5.56 Å². The minimum atomic E-state index is -0.0118. The van der Waals surface area contributed by atoms with E-state index < -0.39 is 0 Å². The highest BCUT2D eigenvalue weighted by atomic mass is 16.1. The highest BCUT2D eigenvalue weighted by Gasteiger charge is 2.27. The van der Waals surface area contributed by atoms with Gasteiger partial charge in [0.15, 0.2) is 0 Å². The molecule has 104 valence electrons. The molecule has 19 heavy (non-hydrogen) atoms. The number of hydrogen-bond donors (Lipinski definition) is 1. The Bertz CT molecular complexity index is 417. The molecule has 0 atom stereocenters. The Morgan fingerprint density at radius 2 is 2.05 bits per heavy atom. The van der Waals surface area contributed by atoms with E-state index in [1.807, 2.05) is 0 Å². The zero-order chi connectivity index (χ0) is 13.9. The quantitative estimate of drug-likeness (QED) is 0.886. The first kappa shape index (κ1) is 14.0. The van der Waals surface area contributed by atoms with Crippen LogP contribution in [0.1, 0.15) is 44.0 Å². The molecule has 4 heteroatoms. The first-order valence-corrected chi connectivity index (χ1v) is 6.93. The van der Waals surface area contributed by atoms with Crippen LogP contribution in [0.15, 0.2) is 24.5 Å². The molecule has 1 saturated heterocycles. The monoisotopic (exact) mass is 261 g/mol. The minimum absolute atomic E-state index is 0.0118. The molecule has 0 aliphatic carbocycles. The van der Waals surface area contributed by atoms with Crippen LogP contribution < -0.4 is 5.32 Å². The minimum Gasteiger partial charge on any atom is -0.349 e. The fraction of sp³-hybridized carbons (Fsp3) is 0.600. The van der Waals surface area contributed by atoms with Crippen LogP contribution in [0.3, 0.4) is 0 Å². The number of aromatic nitrogens is 1. The van der Waals surface area contributed by atoms with Gasteiger partial charge in [0, 0.05) is 37.1 Å². The average Bonchev–Trinajstić information content (AvgIpc) is 2.39. The fourth-order valence-electron chi connectivity index (χ4n) is 2.46. The van der Waals surface area contributed by atoms with Crippen molar-refractivity contribution in [1.29, 1.82) is 0 Å². The summed E-state index contributed by atoms with van der Waals surface area (Å²) < 4.78 is 0. The molecule has 2 rings (SSSR count). The number of piperidine rings is 1. The number of pyridine rings is 1. The third kappa shape index (κ3) is 3.77. The normalized spacial score (nSPS) is 18.3. The van der Waals surface area contributed by atoms with Crippen LogP contribution >= 0.6 is 0 Å². The molecule has 0 radical (unpaired) electrons. The smallest absolute Gasteiger partial charge is 0.253 e. The van der Waals surface area contributed by atoms with Gasteiger partial charge in [0.25, 0.3) is 5.91 Å². The number of rotatable bonds is 2. The Morgan fingerprint density at radius 1 is 1.37 bits per heavy atom. The molecule has 1 N–H and O–H groups in total. The summed E-state index contributed by atoms with van der Waals surface area (Å²) in [6.07, 6.45) is 5.32. The second-order valence-corrected chi connectivity index (χ2v) is 6.15. The molecule has 0 saturated carbocycles. The highest BCUT2D eigenvalue weighted by Crippen LogP contribution is 2.20. The van der Waals surface area contributed by atoms with E-state index in [4.69, 9.17) is 0 Å². The van der Waals surface area contributed by atoms with Gasteiger partial charge in [0.2, 0.25) is 0 Å². The molecular weight excluding hydrogens is 238 g/mol. The molecule has 1 fully saturated rings. The zero-order valence-electron chi connectivity index (χ0n) is 12.0. The molecule has 1 amide bonds. The van der Waals surface area contributed by atoms with Crippen molar-refractivity contribution in [2.75, 3.05) is 13.1 Å². The lowest BCUT2D eigenvalue weighted by Crippen LogP contribution is -2.50. The number of nitrogens with zero attached hydrogens (tertiary/aromatic N) is 2. The number of carbonyl (C=O) groups is 1. The predicted molar refractivity (Wildman–Crippen MR) is 76.1 cm³/mol. The summed E-state index contributed by atoms with van der Waals surface area (Å²) in [7, 11) is 0. The topological polar surface area (TPSA) is 45.2 Å². The van der Waals surface area contributed by atoms with Crippen LogP contribution in [-0.4, -0.2) is 40.5 Å². The second-order valence-electron chi connectivity index (χ2n) is 6.15. The molecule has 4 nitrogen and oxygen atoms in total. The maximum atomic E-state index is 12.0. The van der Waals surface area contributed by atoms with Gasteiger partial charge in [-0.3, -0.25) is 14.7 Å². The Labute approximate surface area is 115 Å². The lowest BCUT2D eigenvalue weighted by molar-refractivity contribution is 0.0812. The van der Waals surface area contributed by atoms with Crippen molar-refractivity contribution in [3.63, 3.8) is 0 Å². The Hall–Kier alpha value is -1.42. The standard InChI is InChI=1S/C15H23N3O/c1-15(2,3)18-9-6-13(7-10-18)17-14(19)12-5-4-8-16-11-12/h4-5,8,11,13H,6-7,9-10H2,1-3H3,(H,17,19). The molecule has 2 heterocycles. The lowest BCUT2D eigenvalue weighted by Gasteiger charge is -2.41. The third-order valence-electron chi connectivity index (χ3n) is 3.70. The molecule has 0 unspecified atom stereocenters. The van der Waals surface area contributed by atoms with Crippen LogP contribution in [0, 0.1) is 0 Å². The summed E-state index contributed by atoms with van der Waals surface area (Å²) in [5.74, 6) is -0.0118. The van der Waals surface area contributed by atoms with Gasteiger partial charge in [0.05, 0.1) is 5.56 Å². The summed E-state index contributed by atoms with van der Waals surface area (Å²) in [5.41, 5.74) is 0.860. The molecule has 1 aliphatic rings. The van der Waals surface area contributed by atoms with E-state index >= 15 is 0 Å². The van der Waals surface area contributed by atoms with Gasteiger partial charge in [-0.1, -0.05) is 0 Å². The van der Waals surface area contributed by atoms with Crippen molar-refractivity contribution >= 4 is 5.91 Å². The first-order chi connectivity index (χ1) is 8.97. The van der Waals surface area contributed by atoms with Gasteiger partial charge < -0.3 is 5.32 Å². The molecular formula is C15H23N3O. The van der Waals surface area contributed by atoms with Crippen molar-refractivity contribution in [3.05, 3.63) is 30.1 Å². The summed E-state index contributed by atoms with van der Waals surface area (Å²) in [4.78, 5) is 18.5. The maximum absolute atomic E-state index is 12.0. The molecule has 0 aromatic carbocycles. The van der Waals surface area contributed by atoms with Crippen LogP contribution in [0.2, 0.25) is 0 Å². The van der Waals surface area contributed by atoms with Crippen molar-refractivity contribution in [2.45, 2.75) is 45.2 Å².